The summed E-state index contributed by atoms with van der Waals surface area (Å²) < 4.78 is 56.5. The Bertz CT molecular complexity index is 1210. The van der Waals surface area contributed by atoms with Gasteiger partial charge in [-0.3, -0.25) is 4.79 Å². The van der Waals surface area contributed by atoms with Crippen molar-refractivity contribution in [3.05, 3.63) is 58.0 Å². The van der Waals surface area contributed by atoms with Crippen molar-refractivity contribution in [2.75, 3.05) is 33.4 Å². The van der Waals surface area contributed by atoms with Crippen molar-refractivity contribution in [1.82, 2.24) is 4.90 Å². The fourth-order valence-corrected chi connectivity index (χ4v) is 4.29. The molecule has 0 aromatic heterocycles. The number of hydrogen-bond acceptors (Lipinski definition) is 7. The van der Waals surface area contributed by atoms with Crippen molar-refractivity contribution in [1.29, 1.82) is 5.26 Å². The minimum Gasteiger partial charge on any atom is -0.493 e. The first-order valence-electron chi connectivity index (χ1n) is 10.1. The van der Waals surface area contributed by atoms with E-state index in [9.17, 15) is 18.0 Å². The van der Waals surface area contributed by atoms with E-state index < -0.39 is 17.5 Å². The van der Waals surface area contributed by atoms with Crippen LogP contribution in [0.3, 0.4) is 0 Å². The van der Waals surface area contributed by atoms with Gasteiger partial charge in [-0.05, 0) is 53.7 Å². The maximum atomic E-state index is 13.5. The van der Waals surface area contributed by atoms with Gasteiger partial charge in [0.15, 0.2) is 16.7 Å². The standard InChI is InChI=1S/C23H18F3N3O4S/c1-31-19-11-14(12-20-21(30)28-22(34-20)29-6-8-32-9-7-29)2-5-18(19)33-17-4-3-15(13-27)10-16(17)23(24,25)26/h2-5,10-12H,6-9H2,1H3/b20-12+. The van der Waals surface area contributed by atoms with Gasteiger partial charge in [0.05, 0.1) is 42.4 Å². The molecule has 176 valence electrons. The van der Waals surface area contributed by atoms with Gasteiger partial charge < -0.3 is 19.1 Å². The Morgan fingerprint density at radius 1 is 1.15 bits per heavy atom. The number of morpholine rings is 1. The first-order valence-corrected chi connectivity index (χ1v) is 10.9. The summed E-state index contributed by atoms with van der Waals surface area (Å²) in [6.45, 7) is 2.45. The van der Waals surface area contributed by atoms with Crippen LogP contribution in [0.1, 0.15) is 16.7 Å². The second-order valence-electron chi connectivity index (χ2n) is 7.24. The lowest BCUT2D eigenvalue weighted by Gasteiger charge is -2.27. The van der Waals surface area contributed by atoms with Gasteiger partial charge in [0.2, 0.25) is 0 Å². The van der Waals surface area contributed by atoms with Crippen molar-refractivity contribution >= 4 is 28.9 Å². The van der Waals surface area contributed by atoms with Crippen LogP contribution in [0.2, 0.25) is 0 Å². The van der Waals surface area contributed by atoms with Crippen molar-refractivity contribution in [3.63, 3.8) is 0 Å². The molecule has 7 nitrogen and oxygen atoms in total. The monoisotopic (exact) mass is 489 g/mol. The smallest absolute Gasteiger partial charge is 0.420 e. The number of rotatable bonds is 4. The van der Waals surface area contributed by atoms with Gasteiger partial charge in [0.1, 0.15) is 5.75 Å². The Hall–Kier alpha value is -3.49. The quantitative estimate of drug-likeness (QED) is 0.577. The van der Waals surface area contributed by atoms with Gasteiger partial charge in [-0.1, -0.05) is 6.07 Å². The van der Waals surface area contributed by atoms with E-state index in [0.717, 1.165) is 12.1 Å². The second-order valence-corrected chi connectivity index (χ2v) is 8.25. The molecule has 4 rings (SSSR count). The highest BCUT2D eigenvalue weighted by Crippen LogP contribution is 2.41. The average Bonchev–Trinajstić information content (AvgIpc) is 3.20. The molecule has 0 aliphatic carbocycles. The number of aliphatic imine (C=N–C) groups is 1. The number of thioether (sulfide) groups is 1. The summed E-state index contributed by atoms with van der Waals surface area (Å²) in [6.07, 6.45) is -3.07. The summed E-state index contributed by atoms with van der Waals surface area (Å²) in [5.74, 6) is -0.591. The number of alkyl halides is 3. The zero-order valence-corrected chi connectivity index (χ0v) is 18.7. The van der Waals surface area contributed by atoms with Gasteiger partial charge >= 0.3 is 6.18 Å². The molecule has 0 bridgehead atoms. The Kier molecular flexibility index (Phi) is 6.81. The molecular weight excluding hydrogens is 471 g/mol. The highest BCUT2D eigenvalue weighted by Gasteiger charge is 2.35. The molecule has 1 saturated heterocycles. The van der Waals surface area contributed by atoms with E-state index in [1.54, 1.807) is 24.3 Å². The molecule has 11 heteroatoms. The third-order valence-corrected chi connectivity index (χ3v) is 6.05. The van der Waals surface area contributed by atoms with Crippen LogP contribution >= 0.6 is 11.8 Å². The van der Waals surface area contributed by atoms with Crippen molar-refractivity contribution in [3.8, 4) is 23.3 Å². The highest BCUT2D eigenvalue weighted by atomic mass is 32.2. The van der Waals surface area contributed by atoms with E-state index in [-0.39, 0.29) is 23.0 Å². The molecule has 0 unspecified atom stereocenters. The third-order valence-electron chi connectivity index (χ3n) is 5.01. The summed E-state index contributed by atoms with van der Waals surface area (Å²) in [7, 11) is 1.36. The normalized spacial score (nSPS) is 17.5. The van der Waals surface area contributed by atoms with E-state index in [0.29, 0.717) is 41.9 Å². The Morgan fingerprint density at radius 3 is 2.56 bits per heavy atom. The van der Waals surface area contributed by atoms with Crippen molar-refractivity contribution in [2.24, 2.45) is 4.99 Å². The first kappa shape index (κ1) is 23.7. The van der Waals surface area contributed by atoms with Crippen molar-refractivity contribution < 1.29 is 32.2 Å². The maximum absolute atomic E-state index is 13.5. The number of ether oxygens (including phenoxy) is 3. The molecule has 1 fully saturated rings. The number of methoxy groups -OCH3 is 1. The average molecular weight is 489 g/mol. The van der Waals surface area contributed by atoms with Crippen LogP contribution < -0.4 is 9.47 Å². The minimum atomic E-state index is -4.71. The van der Waals surface area contributed by atoms with Crippen LogP contribution in [0, 0.1) is 11.3 Å². The lowest BCUT2D eigenvalue weighted by atomic mass is 10.1. The van der Waals surface area contributed by atoms with Gasteiger partial charge in [0, 0.05) is 13.1 Å². The van der Waals surface area contributed by atoms with Gasteiger partial charge in [-0.25, -0.2) is 0 Å². The number of benzene rings is 2. The van der Waals surface area contributed by atoms with Gasteiger partial charge in [-0.15, -0.1) is 0 Å². The zero-order valence-electron chi connectivity index (χ0n) is 17.9. The Morgan fingerprint density at radius 2 is 1.88 bits per heavy atom. The fourth-order valence-electron chi connectivity index (χ4n) is 3.33. The number of nitrogens with zero attached hydrogens (tertiary/aromatic N) is 3. The lowest BCUT2D eigenvalue weighted by molar-refractivity contribution is -0.138. The predicted octanol–water partition coefficient (Wildman–Crippen LogP) is 4.68. The van der Waals surface area contributed by atoms with Crippen LogP contribution in [0.25, 0.3) is 6.08 Å². The van der Waals surface area contributed by atoms with E-state index in [1.165, 1.54) is 31.0 Å². The van der Waals surface area contributed by atoms with Gasteiger partial charge in [-0.2, -0.15) is 23.4 Å². The number of amides is 1. The molecule has 0 radical (unpaired) electrons. The molecule has 0 N–H and O–H groups in total. The van der Waals surface area contributed by atoms with Crippen LogP contribution in [0.15, 0.2) is 46.3 Å². The summed E-state index contributed by atoms with van der Waals surface area (Å²) >= 11 is 1.26. The largest absolute Gasteiger partial charge is 0.493 e. The molecule has 2 heterocycles. The predicted molar refractivity (Wildman–Crippen MR) is 120 cm³/mol. The molecule has 0 spiro atoms. The molecule has 0 atom stereocenters. The van der Waals surface area contributed by atoms with E-state index in [2.05, 4.69) is 4.99 Å². The fraction of sp³-hybridized carbons (Fsp3) is 0.261. The molecular formula is C23H18F3N3O4S. The van der Waals surface area contributed by atoms with Crippen LogP contribution in [0.4, 0.5) is 13.2 Å². The molecule has 0 saturated carbocycles. The van der Waals surface area contributed by atoms with Crippen LogP contribution in [0.5, 0.6) is 17.2 Å². The number of nitriles is 1. The molecule has 2 aliphatic heterocycles. The van der Waals surface area contributed by atoms with E-state index in [1.807, 2.05) is 4.90 Å². The Labute approximate surface area is 197 Å². The van der Waals surface area contributed by atoms with E-state index >= 15 is 0 Å². The second kappa shape index (κ2) is 9.79. The van der Waals surface area contributed by atoms with E-state index in [4.69, 9.17) is 19.5 Å². The number of amidine groups is 1. The number of carbonyl (C=O) groups excluding carboxylic acids is 1. The Balaban J connectivity index is 1.57. The summed E-state index contributed by atoms with van der Waals surface area (Å²) in [5.41, 5.74) is -0.610. The zero-order chi connectivity index (χ0) is 24.3. The number of halogens is 3. The maximum Gasteiger partial charge on any atom is 0.420 e. The highest BCUT2D eigenvalue weighted by molar-refractivity contribution is 8.18. The molecule has 2 aliphatic rings. The topological polar surface area (TPSA) is 84.2 Å². The SMILES string of the molecule is COc1cc(/C=C2/SC(N3CCOCC3)=NC2=O)ccc1Oc1ccc(C#N)cc1C(F)(F)F. The summed E-state index contributed by atoms with van der Waals surface area (Å²) in [6, 6.07) is 9.36. The molecule has 34 heavy (non-hydrogen) atoms. The first-order chi connectivity index (χ1) is 16.3. The summed E-state index contributed by atoms with van der Waals surface area (Å²) in [4.78, 5) is 18.9. The van der Waals surface area contributed by atoms with Gasteiger partial charge in [0.25, 0.3) is 5.91 Å². The number of hydrogen-bond donors (Lipinski definition) is 0. The molecule has 2 aromatic carbocycles. The van der Waals surface area contributed by atoms with Crippen LogP contribution in [-0.2, 0) is 15.7 Å². The molecule has 1 amide bonds. The number of carbonyl (C=O) groups is 1. The molecule has 2 aromatic rings. The third kappa shape index (κ3) is 5.18. The lowest BCUT2D eigenvalue weighted by Crippen LogP contribution is -2.38. The summed E-state index contributed by atoms with van der Waals surface area (Å²) in [5, 5.41) is 9.54. The van der Waals surface area contributed by atoms with Crippen molar-refractivity contribution in [2.45, 2.75) is 6.18 Å². The van der Waals surface area contributed by atoms with Crippen LogP contribution in [-0.4, -0.2) is 49.4 Å². The minimum absolute atomic E-state index is 0.0514.